The highest BCUT2D eigenvalue weighted by Crippen LogP contribution is 2.23. The second-order valence-electron chi connectivity index (χ2n) is 4.94. The average Bonchev–Trinajstić information content (AvgIpc) is 2.42. The van der Waals surface area contributed by atoms with Gasteiger partial charge in [0, 0.05) is 12.6 Å². The molecule has 106 valence electrons. The summed E-state index contributed by atoms with van der Waals surface area (Å²) < 4.78 is 0. The summed E-state index contributed by atoms with van der Waals surface area (Å²) in [5.74, 6) is 0.926. The van der Waals surface area contributed by atoms with E-state index >= 15 is 0 Å². The number of hydrogen-bond acceptors (Lipinski definition) is 4. The third-order valence-electron chi connectivity index (χ3n) is 3.59. The van der Waals surface area contributed by atoms with E-state index in [1.165, 1.54) is 19.3 Å². The molecule has 0 aromatic carbocycles. The largest absolute Gasteiger partial charge is 0.395 e. The molecule has 18 heavy (non-hydrogen) atoms. The van der Waals surface area contributed by atoms with Crippen molar-refractivity contribution in [1.29, 1.82) is 0 Å². The zero-order valence-corrected chi connectivity index (χ0v) is 12.1. The molecule has 5 heteroatoms. The Balaban J connectivity index is 2.55. The standard InChI is InChI=1S/C13H26N2O2S/c1-18-10-7-12(14)13(17)15(8-9-16)11-5-3-2-4-6-11/h11-12,16H,2-10,14H2,1H3/t12-/m0/s1. The van der Waals surface area contributed by atoms with Gasteiger partial charge in [-0.3, -0.25) is 4.79 Å². The van der Waals surface area contributed by atoms with Gasteiger partial charge >= 0.3 is 0 Å². The number of carbonyl (C=O) groups is 1. The first-order chi connectivity index (χ1) is 8.70. The Kier molecular flexibility index (Phi) is 7.70. The van der Waals surface area contributed by atoms with Gasteiger partial charge in [0.25, 0.3) is 0 Å². The Bertz CT molecular complexity index is 245. The van der Waals surface area contributed by atoms with Crippen molar-refractivity contribution in [3.63, 3.8) is 0 Å². The molecule has 0 aromatic rings. The Morgan fingerprint density at radius 2 is 2.11 bits per heavy atom. The molecule has 1 aliphatic carbocycles. The van der Waals surface area contributed by atoms with Crippen LogP contribution in [0.4, 0.5) is 0 Å². The first-order valence-corrected chi connectivity index (χ1v) is 8.26. The molecule has 1 saturated carbocycles. The smallest absolute Gasteiger partial charge is 0.239 e. The minimum atomic E-state index is -0.411. The van der Waals surface area contributed by atoms with Gasteiger partial charge in [0.05, 0.1) is 12.6 Å². The van der Waals surface area contributed by atoms with Gasteiger partial charge in [0.1, 0.15) is 0 Å². The zero-order chi connectivity index (χ0) is 13.4. The molecule has 1 aliphatic rings. The highest BCUT2D eigenvalue weighted by molar-refractivity contribution is 7.98. The fraction of sp³-hybridized carbons (Fsp3) is 0.923. The summed E-state index contributed by atoms with van der Waals surface area (Å²) >= 11 is 1.71. The first-order valence-electron chi connectivity index (χ1n) is 6.86. The molecular formula is C13H26N2O2S. The maximum atomic E-state index is 12.3. The van der Waals surface area contributed by atoms with Crippen molar-refractivity contribution >= 4 is 17.7 Å². The molecule has 0 heterocycles. The normalized spacial score (nSPS) is 18.6. The minimum absolute atomic E-state index is 0.0185. The van der Waals surface area contributed by atoms with E-state index in [0.717, 1.165) is 18.6 Å². The van der Waals surface area contributed by atoms with Crippen LogP contribution in [0.25, 0.3) is 0 Å². The Labute approximate surface area is 114 Å². The molecular weight excluding hydrogens is 248 g/mol. The van der Waals surface area contributed by atoms with Crippen LogP contribution < -0.4 is 5.73 Å². The highest BCUT2D eigenvalue weighted by Gasteiger charge is 2.28. The summed E-state index contributed by atoms with van der Waals surface area (Å²) in [4.78, 5) is 14.1. The minimum Gasteiger partial charge on any atom is -0.395 e. The monoisotopic (exact) mass is 274 g/mol. The van der Waals surface area contributed by atoms with Crippen molar-refractivity contribution < 1.29 is 9.90 Å². The number of amides is 1. The van der Waals surface area contributed by atoms with Crippen LogP contribution >= 0.6 is 11.8 Å². The van der Waals surface area contributed by atoms with Crippen LogP contribution in [0.1, 0.15) is 38.5 Å². The zero-order valence-electron chi connectivity index (χ0n) is 11.3. The highest BCUT2D eigenvalue weighted by atomic mass is 32.2. The quantitative estimate of drug-likeness (QED) is 0.732. The molecule has 0 bridgehead atoms. The van der Waals surface area contributed by atoms with Crippen molar-refractivity contribution in [2.75, 3.05) is 25.2 Å². The summed E-state index contributed by atoms with van der Waals surface area (Å²) in [7, 11) is 0. The fourth-order valence-electron chi connectivity index (χ4n) is 2.55. The van der Waals surface area contributed by atoms with E-state index < -0.39 is 6.04 Å². The molecule has 1 atom stereocenters. The van der Waals surface area contributed by atoms with Gasteiger partial charge < -0.3 is 15.7 Å². The van der Waals surface area contributed by atoms with Gasteiger partial charge in [-0.05, 0) is 31.3 Å². The Hall–Kier alpha value is -0.260. The molecule has 4 nitrogen and oxygen atoms in total. The van der Waals surface area contributed by atoms with Crippen LogP contribution in [0.5, 0.6) is 0 Å². The summed E-state index contributed by atoms with van der Waals surface area (Å²) in [5.41, 5.74) is 5.95. The predicted molar refractivity (Wildman–Crippen MR) is 76.6 cm³/mol. The molecule has 1 amide bonds. The molecule has 0 unspecified atom stereocenters. The van der Waals surface area contributed by atoms with E-state index in [4.69, 9.17) is 10.8 Å². The molecule has 0 aromatic heterocycles. The van der Waals surface area contributed by atoms with Gasteiger partial charge in [-0.15, -0.1) is 0 Å². The summed E-state index contributed by atoms with van der Waals surface area (Å²) in [6, 6.07) is -0.121. The van der Waals surface area contributed by atoms with E-state index in [9.17, 15) is 4.79 Å². The van der Waals surface area contributed by atoms with Crippen molar-refractivity contribution in [2.24, 2.45) is 5.73 Å². The third-order valence-corrected chi connectivity index (χ3v) is 4.23. The van der Waals surface area contributed by atoms with Crippen LogP contribution in [0.2, 0.25) is 0 Å². The predicted octanol–water partition coefficient (Wildman–Crippen LogP) is 1.22. The number of aliphatic hydroxyl groups excluding tert-OH is 1. The van der Waals surface area contributed by atoms with Crippen LogP contribution in [-0.4, -0.2) is 53.2 Å². The molecule has 0 radical (unpaired) electrons. The van der Waals surface area contributed by atoms with Crippen LogP contribution in [0, 0.1) is 0 Å². The average molecular weight is 274 g/mol. The van der Waals surface area contributed by atoms with Gasteiger partial charge in [0.2, 0.25) is 5.91 Å². The van der Waals surface area contributed by atoms with Crippen molar-refractivity contribution in [3.05, 3.63) is 0 Å². The molecule has 3 N–H and O–H groups in total. The number of nitrogens with zero attached hydrogens (tertiary/aromatic N) is 1. The second kappa shape index (κ2) is 8.77. The molecule has 1 fully saturated rings. The summed E-state index contributed by atoms with van der Waals surface area (Å²) in [6.45, 7) is 0.452. The van der Waals surface area contributed by atoms with Crippen molar-refractivity contribution in [2.45, 2.75) is 50.6 Å². The maximum Gasteiger partial charge on any atom is 0.239 e. The van der Waals surface area contributed by atoms with E-state index in [0.29, 0.717) is 19.0 Å². The Morgan fingerprint density at radius 1 is 1.44 bits per heavy atom. The van der Waals surface area contributed by atoms with Gasteiger partial charge in [-0.2, -0.15) is 11.8 Å². The maximum absolute atomic E-state index is 12.3. The first kappa shape index (κ1) is 15.8. The SMILES string of the molecule is CSCC[C@H](N)C(=O)N(CCO)C1CCCCC1. The molecule has 0 aliphatic heterocycles. The fourth-order valence-corrected chi connectivity index (χ4v) is 3.04. The van der Waals surface area contributed by atoms with Crippen LogP contribution in [0.3, 0.4) is 0 Å². The van der Waals surface area contributed by atoms with Gasteiger partial charge in [0.15, 0.2) is 0 Å². The lowest BCUT2D eigenvalue weighted by atomic mass is 9.93. The number of rotatable bonds is 7. The lowest BCUT2D eigenvalue weighted by Gasteiger charge is -2.35. The number of hydrogen-bond donors (Lipinski definition) is 2. The van der Waals surface area contributed by atoms with E-state index in [1.54, 1.807) is 11.8 Å². The van der Waals surface area contributed by atoms with Crippen molar-refractivity contribution in [3.8, 4) is 0 Å². The second-order valence-corrected chi connectivity index (χ2v) is 5.92. The molecule has 1 rings (SSSR count). The lowest BCUT2D eigenvalue weighted by molar-refractivity contribution is -0.136. The van der Waals surface area contributed by atoms with Crippen molar-refractivity contribution in [1.82, 2.24) is 4.90 Å². The number of carbonyl (C=O) groups excluding carboxylic acids is 1. The Morgan fingerprint density at radius 3 is 2.67 bits per heavy atom. The van der Waals surface area contributed by atoms with E-state index in [1.807, 2.05) is 11.2 Å². The van der Waals surface area contributed by atoms with E-state index in [2.05, 4.69) is 0 Å². The third kappa shape index (κ3) is 4.78. The van der Waals surface area contributed by atoms with E-state index in [-0.39, 0.29) is 12.5 Å². The number of thioether (sulfide) groups is 1. The lowest BCUT2D eigenvalue weighted by Crippen LogP contribution is -2.50. The molecule has 0 saturated heterocycles. The number of nitrogens with two attached hydrogens (primary N) is 1. The van der Waals surface area contributed by atoms with Crippen LogP contribution in [-0.2, 0) is 4.79 Å². The summed E-state index contributed by atoms with van der Waals surface area (Å²) in [6.07, 6.45) is 8.47. The topological polar surface area (TPSA) is 66.6 Å². The van der Waals surface area contributed by atoms with Gasteiger partial charge in [-0.1, -0.05) is 19.3 Å². The van der Waals surface area contributed by atoms with Gasteiger partial charge in [-0.25, -0.2) is 0 Å². The molecule has 0 spiro atoms. The summed E-state index contributed by atoms with van der Waals surface area (Å²) in [5, 5.41) is 9.14. The van der Waals surface area contributed by atoms with Crippen LogP contribution in [0.15, 0.2) is 0 Å². The number of aliphatic hydroxyl groups is 1.